The lowest BCUT2D eigenvalue weighted by Crippen LogP contribution is -2.37. The molecule has 1 aromatic heterocycles. The summed E-state index contributed by atoms with van der Waals surface area (Å²) in [5.74, 6) is 8.30. The van der Waals surface area contributed by atoms with E-state index in [4.69, 9.17) is 20.1 Å². The third-order valence-electron chi connectivity index (χ3n) is 4.89. The summed E-state index contributed by atoms with van der Waals surface area (Å²) in [4.78, 5) is 12.2. The van der Waals surface area contributed by atoms with Crippen LogP contribution in [0.4, 0.5) is 0 Å². The number of methoxy groups -OCH3 is 3. The maximum absolute atomic E-state index is 12.2. The number of carbonyl (C=O) groups is 1. The molecule has 0 saturated heterocycles. The second kappa shape index (κ2) is 9.73. The molecule has 0 aliphatic heterocycles. The Bertz CT molecular complexity index is 826. The molecule has 158 valence electrons. The average molecular weight is 422 g/mol. The predicted molar refractivity (Wildman–Crippen MR) is 111 cm³/mol. The highest BCUT2D eigenvalue weighted by Crippen LogP contribution is 2.40. The molecule has 1 saturated carbocycles. The van der Waals surface area contributed by atoms with E-state index in [1.165, 1.54) is 35.7 Å². The van der Waals surface area contributed by atoms with E-state index in [1.54, 1.807) is 33.5 Å². The fourth-order valence-electron chi connectivity index (χ4n) is 3.43. The quantitative estimate of drug-likeness (QED) is 0.493. The molecule has 1 aliphatic carbocycles. The normalized spacial score (nSPS) is 14.4. The number of hydrogen-bond donors (Lipinski definition) is 2. The van der Waals surface area contributed by atoms with Gasteiger partial charge in [0.25, 0.3) is 0 Å². The van der Waals surface area contributed by atoms with Crippen molar-refractivity contribution in [3.8, 4) is 28.6 Å². The van der Waals surface area contributed by atoms with Crippen molar-refractivity contribution in [2.45, 2.75) is 43.3 Å². The molecular weight excluding hydrogens is 394 g/mol. The molecule has 0 radical (unpaired) electrons. The van der Waals surface area contributed by atoms with Gasteiger partial charge in [-0.05, 0) is 25.0 Å². The zero-order valence-electron chi connectivity index (χ0n) is 16.9. The Morgan fingerprint density at radius 3 is 2.38 bits per heavy atom. The Balaban J connectivity index is 1.71. The van der Waals surface area contributed by atoms with Gasteiger partial charge in [0.15, 0.2) is 17.3 Å². The van der Waals surface area contributed by atoms with E-state index in [-0.39, 0.29) is 17.7 Å². The van der Waals surface area contributed by atoms with Crippen molar-refractivity contribution >= 4 is 17.7 Å². The summed E-state index contributed by atoms with van der Waals surface area (Å²) in [5.41, 5.74) is 0.660. The number of nitrogen functional groups attached to an aromatic ring is 1. The number of aromatic nitrogens is 3. The van der Waals surface area contributed by atoms with Gasteiger partial charge in [0, 0.05) is 11.6 Å². The second-order valence-corrected chi connectivity index (χ2v) is 7.72. The monoisotopic (exact) mass is 421 g/mol. The zero-order chi connectivity index (χ0) is 20.8. The summed E-state index contributed by atoms with van der Waals surface area (Å²) >= 11 is 1.25. The van der Waals surface area contributed by atoms with Crippen LogP contribution in [0, 0.1) is 0 Å². The van der Waals surface area contributed by atoms with Gasteiger partial charge >= 0.3 is 0 Å². The third kappa shape index (κ3) is 4.87. The summed E-state index contributed by atoms with van der Waals surface area (Å²) in [5, 5.41) is 11.8. The highest BCUT2D eigenvalue weighted by molar-refractivity contribution is 7.99. The van der Waals surface area contributed by atoms with Crippen molar-refractivity contribution in [2.24, 2.45) is 0 Å². The number of nitrogens with one attached hydrogen (secondary N) is 1. The molecule has 2 aromatic rings. The first kappa shape index (κ1) is 21.1. The summed E-state index contributed by atoms with van der Waals surface area (Å²) in [7, 11) is 4.62. The van der Waals surface area contributed by atoms with Gasteiger partial charge in [0.2, 0.25) is 16.8 Å². The van der Waals surface area contributed by atoms with E-state index in [1.807, 2.05) is 0 Å². The topological polar surface area (TPSA) is 114 Å². The number of amides is 1. The standard InChI is InChI=1S/C19H27N5O4S/c1-26-14-9-12(10-15(27-2)17(14)28-3)18-22-23-19(24(18)20)29-11-16(25)21-13-7-5-4-6-8-13/h9-10,13H,4-8,11,20H2,1-3H3,(H,21,25). The van der Waals surface area contributed by atoms with Crippen LogP contribution in [-0.2, 0) is 4.79 Å². The molecule has 1 fully saturated rings. The summed E-state index contributed by atoms with van der Waals surface area (Å²) in [6.07, 6.45) is 5.70. The van der Waals surface area contributed by atoms with Gasteiger partial charge in [0.1, 0.15) is 0 Å². The maximum atomic E-state index is 12.2. The molecule has 1 heterocycles. The zero-order valence-corrected chi connectivity index (χ0v) is 17.8. The largest absolute Gasteiger partial charge is 0.493 e. The lowest BCUT2D eigenvalue weighted by Gasteiger charge is -2.22. The Hall–Kier alpha value is -2.62. The summed E-state index contributed by atoms with van der Waals surface area (Å²) < 4.78 is 17.5. The summed E-state index contributed by atoms with van der Waals surface area (Å²) in [6.45, 7) is 0. The Morgan fingerprint density at radius 1 is 1.14 bits per heavy atom. The van der Waals surface area contributed by atoms with E-state index in [9.17, 15) is 4.79 Å². The highest BCUT2D eigenvalue weighted by atomic mass is 32.2. The van der Waals surface area contributed by atoms with Crippen molar-refractivity contribution in [3.05, 3.63) is 12.1 Å². The molecule has 1 amide bonds. The predicted octanol–water partition coefficient (Wildman–Crippen LogP) is 2.23. The SMILES string of the molecule is COc1cc(-c2nnc(SCC(=O)NC3CCCCC3)n2N)cc(OC)c1OC. The number of carbonyl (C=O) groups excluding carboxylic acids is 1. The molecule has 1 aliphatic rings. The second-order valence-electron chi connectivity index (χ2n) is 6.78. The molecule has 3 rings (SSSR count). The van der Waals surface area contributed by atoms with Gasteiger partial charge in [-0.15, -0.1) is 10.2 Å². The lowest BCUT2D eigenvalue weighted by molar-refractivity contribution is -0.119. The van der Waals surface area contributed by atoms with Crippen molar-refractivity contribution in [1.82, 2.24) is 20.2 Å². The van der Waals surface area contributed by atoms with Crippen LogP contribution in [0.15, 0.2) is 17.3 Å². The summed E-state index contributed by atoms with van der Waals surface area (Å²) in [6, 6.07) is 3.78. The van der Waals surface area contributed by atoms with Crippen molar-refractivity contribution in [1.29, 1.82) is 0 Å². The number of nitrogens with zero attached hydrogens (tertiary/aromatic N) is 3. The number of nitrogens with two attached hydrogens (primary N) is 1. The van der Waals surface area contributed by atoms with Crippen LogP contribution in [-0.4, -0.2) is 53.9 Å². The van der Waals surface area contributed by atoms with Crippen LogP contribution in [0.2, 0.25) is 0 Å². The van der Waals surface area contributed by atoms with Crippen molar-refractivity contribution in [3.63, 3.8) is 0 Å². The maximum Gasteiger partial charge on any atom is 0.230 e. The van der Waals surface area contributed by atoms with Crippen LogP contribution in [0.5, 0.6) is 17.2 Å². The number of hydrogen-bond acceptors (Lipinski definition) is 8. The molecule has 29 heavy (non-hydrogen) atoms. The number of rotatable bonds is 8. The molecule has 9 nitrogen and oxygen atoms in total. The van der Waals surface area contributed by atoms with Crippen LogP contribution >= 0.6 is 11.8 Å². The minimum Gasteiger partial charge on any atom is -0.493 e. The first-order valence-electron chi connectivity index (χ1n) is 9.50. The van der Waals surface area contributed by atoms with Crippen LogP contribution in [0.25, 0.3) is 11.4 Å². The fourth-order valence-corrected chi connectivity index (χ4v) is 4.10. The highest BCUT2D eigenvalue weighted by Gasteiger charge is 2.20. The van der Waals surface area contributed by atoms with Gasteiger partial charge in [0.05, 0.1) is 27.1 Å². The van der Waals surface area contributed by atoms with Gasteiger partial charge < -0.3 is 25.4 Å². The van der Waals surface area contributed by atoms with E-state index >= 15 is 0 Å². The third-order valence-corrected chi connectivity index (χ3v) is 5.83. The van der Waals surface area contributed by atoms with Gasteiger partial charge in [-0.1, -0.05) is 31.0 Å². The van der Waals surface area contributed by atoms with Crippen LogP contribution in [0.3, 0.4) is 0 Å². The van der Waals surface area contributed by atoms with E-state index in [0.29, 0.717) is 33.8 Å². The first-order valence-corrected chi connectivity index (χ1v) is 10.5. The first-order chi connectivity index (χ1) is 14.1. The number of ether oxygens (including phenoxy) is 3. The molecule has 1 aromatic carbocycles. The van der Waals surface area contributed by atoms with Gasteiger partial charge in [-0.3, -0.25) is 4.79 Å². The van der Waals surface area contributed by atoms with Crippen molar-refractivity contribution in [2.75, 3.05) is 32.9 Å². The smallest absolute Gasteiger partial charge is 0.230 e. The number of thioether (sulfide) groups is 1. The minimum atomic E-state index is -0.0146. The Labute approximate surface area is 174 Å². The minimum absolute atomic E-state index is 0.0146. The fraction of sp³-hybridized carbons (Fsp3) is 0.526. The van der Waals surface area contributed by atoms with E-state index in [2.05, 4.69) is 15.5 Å². The number of benzene rings is 1. The molecule has 0 spiro atoms. The van der Waals surface area contributed by atoms with Crippen LogP contribution in [0.1, 0.15) is 32.1 Å². The van der Waals surface area contributed by atoms with Gasteiger partial charge in [-0.25, -0.2) is 4.68 Å². The lowest BCUT2D eigenvalue weighted by atomic mass is 9.95. The molecule has 10 heteroatoms. The van der Waals surface area contributed by atoms with E-state index in [0.717, 1.165) is 12.8 Å². The molecule has 0 unspecified atom stereocenters. The molecular formula is C19H27N5O4S. The Morgan fingerprint density at radius 2 is 1.79 bits per heavy atom. The average Bonchev–Trinajstić information content (AvgIpc) is 3.12. The Kier molecular flexibility index (Phi) is 7.08. The molecule has 0 bridgehead atoms. The van der Waals surface area contributed by atoms with Gasteiger partial charge in [-0.2, -0.15) is 0 Å². The molecule has 0 atom stereocenters. The molecule has 3 N–H and O–H groups in total. The van der Waals surface area contributed by atoms with Crippen LogP contribution < -0.4 is 25.4 Å². The van der Waals surface area contributed by atoms with Crippen molar-refractivity contribution < 1.29 is 19.0 Å². The van der Waals surface area contributed by atoms with E-state index < -0.39 is 0 Å².